The number of hydrogen-bond acceptors (Lipinski definition) is 3. The fourth-order valence-corrected chi connectivity index (χ4v) is 2.39. The van der Waals surface area contributed by atoms with Gasteiger partial charge in [0.2, 0.25) is 5.91 Å². The fraction of sp³-hybridized carbons (Fsp3) is 0.500. The second kappa shape index (κ2) is 6.42. The van der Waals surface area contributed by atoms with Gasteiger partial charge in [0, 0.05) is 13.0 Å². The summed E-state index contributed by atoms with van der Waals surface area (Å²) in [4.78, 5) is 13.7. The topological polar surface area (TPSA) is 53.3 Å². The molecule has 1 amide bonds. The van der Waals surface area contributed by atoms with Crippen LogP contribution >= 0.6 is 0 Å². The molecule has 4 heteroatoms. The third-order valence-corrected chi connectivity index (χ3v) is 3.78. The van der Waals surface area contributed by atoms with Gasteiger partial charge in [0.1, 0.15) is 12.4 Å². The molecule has 1 heterocycles. The molecule has 0 radical (unpaired) electrons. The molecule has 1 aliphatic rings. The number of carbonyl (C=O) groups is 1. The van der Waals surface area contributed by atoms with Crippen LogP contribution in [0, 0.1) is 23.2 Å². The van der Waals surface area contributed by atoms with Crippen molar-refractivity contribution in [3.05, 3.63) is 29.8 Å². The molecule has 1 aromatic rings. The van der Waals surface area contributed by atoms with Crippen LogP contribution in [0.15, 0.2) is 24.3 Å². The van der Waals surface area contributed by atoms with Crippen molar-refractivity contribution in [3.8, 4) is 11.8 Å². The Hall–Kier alpha value is -2.02. The van der Waals surface area contributed by atoms with Crippen LogP contribution in [0.3, 0.4) is 0 Å². The van der Waals surface area contributed by atoms with Gasteiger partial charge in [-0.05, 0) is 30.0 Å². The van der Waals surface area contributed by atoms with Crippen LogP contribution < -0.4 is 4.74 Å². The molecule has 2 rings (SSSR count). The lowest BCUT2D eigenvalue weighted by molar-refractivity contribution is -0.128. The minimum absolute atomic E-state index is 0.220. The summed E-state index contributed by atoms with van der Waals surface area (Å²) in [7, 11) is 0. The van der Waals surface area contributed by atoms with Crippen molar-refractivity contribution in [2.45, 2.75) is 20.3 Å². The van der Waals surface area contributed by atoms with Gasteiger partial charge in [0.25, 0.3) is 0 Å². The Labute approximate surface area is 120 Å². The Morgan fingerprint density at radius 3 is 2.95 bits per heavy atom. The number of hydrogen-bond donors (Lipinski definition) is 0. The first-order chi connectivity index (χ1) is 9.60. The second-order valence-corrected chi connectivity index (χ2v) is 5.54. The highest BCUT2D eigenvalue weighted by atomic mass is 16.5. The summed E-state index contributed by atoms with van der Waals surface area (Å²) in [6.45, 7) is 6.22. The minimum Gasteiger partial charge on any atom is -0.492 e. The number of nitrogens with zero attached hydrogens (tertiary/aromatic N) is 2. The zero-order chi connectivity index (χ0) is 14.5. The Morgan fingerprint density at radius 1 is 1.50 bits per heavy atom. The predicted octanol–water partition coefficient (Wildman–Crippen LogP) is 2.44. The van der Waals surface area contributed by atoms with E-state index in [9.17, 15) is 4.79 Å². The second-order valence-electron chi connectivity index (χ2n) is 5.54. The maximum atomic E-state index is 11.9. The van der Waals surface area contributed by atoms with E-state index in [4.69, 9.17) is 10.00 Å². The summed E-state index contributed by atoms with van der Waals surface area (Å²) in [6, 6.07) is 9.15. The molecule has 0 bridgehead atoms. The highest BCUT2D eigenvalue weighted by molar-refractivity contribution is 5.78. The molecular weight excluding hydrogens is 252 g/mol. The normalized spacial score (nSPS) is 18.4. The van der Waals surface area contributed by atoms with Crippen molar-refractivity contribution >= 4 is 5.91 Å². The summed E-state index contributed by atoms with van der Waals surface area (Å²) in [6.07, 6.45) is 0.654. The Kier molecular flexibility index (Phi) is 4.62. The lowest BCUT2D eigenvalue weighted by Crippen LogP contribution is -2.30. The molecule has 1 atom stereocenters. The Balaban J connectivity index is 1.81. The molecule has 1 fully saturated rings. The fourth-order valence-electron chi connectivity index (χ4n) is 2.39. The first kappa shape index (κ1) is 14.4. The van der Waals surface area contributed by atoms with Crippen molar-refractivity contribution in [1.29, 1.82) is 5.26 Å². The van der Waals surface area contributed by atoms with Crippen LogP contribution in [0.25, 0.3) is 0 Å². The van der Waals surface area contributed by atoms with E-state index in [1.807, 2.05) is 11.0 Å². The molecule has 1 unspecified atom stereocenters. The standard InChI is InChI=1S/C16H20N2O2/c1-12(2)14-9-16(19)18(11-14)6-7-20-15-5-3-4-13(8-15)10-17/h3-5,8,12,14H,6-7,9,11H2,1-2H3. The molecule has 4 nitrogen and oxygen atoms in total. The van der Waals surface area contributed by atoms with E-state index in [0.717, 1.165) is 6.54 Å². The smallest absolute Gasteiger partial charge is 0.223 e. The number of nitriles is 1. The summed E-state index contributed by atoms with van der Waals surface area (Å²) < 4.78 is 5.61. The summed E-state index contributed by atoms with van der Waals surface area (Å²) in [5.41, 5.74) is 0.583. The first-order valence-electron chi connectivity index (χ1n) is 7.01. The quantitative estimate of drug-likeness (QED) is 0.827. The zero-order valence-electron chi connectivity index (χ0n) is 12.0. The first-order valence-corrected chi connectivity index (χ1v) is 7.01. The number of rotatable bonds is 5. The third kappa shape index (κ3) is 3.51. The lowest BCUT2D eigenvalue weighted by atomic mass is 9.95. The minimum atomic E-state index is 0.220. The number of likely N-dealkylation sites (tertiary alicyclic amines) is 1. The maximum Gasteiger partial charge on any atom is 0.223 e. The molecule has 20 heavy (non-hydrogen) atoms. The van der Waals surface area contributed by atoms with Crippen molar-refractivity contribution in [3.63, 3.8) is 0 Å². The average Bonchev–Trinajstić information content (AvgIpc) is 2.81. The van der Waals surface area contributed by atoms with E-state index >= 15 is 0 Å². The number of ether oxygens (including phenoxy) is 1. The van der Waals surface area contributed by atoms with E-state index in [-0.39, 0.29) is 5.91 Å². The van der Waals surface area contributed by atoms with E-state index in [1.54, 1.807) is 18.2 Å². The van der Waals surface area contributed by atoms with Gasteiger partial charge in [-0.25, -0.2) is 0 Å². The van der Waals surface area contributed by atoms with Crippen LogP contribution in [0.2, 0.25) is 0 Å². The molecule has 106 valence electrons. The summed E-state index contributed by atoms with van der Waals surface area (Å²) in [5.74, 6) is 1.90. The molecule has 1 aliphatic heterocycles. The third-order valence-electron chi connectivity index (χ3n) is 3.78. The van der Waals surface area contributed by atoms with E-state index in [0.29, 0.717) is 42.7 Å². The van der Waals surface area contributed by atoms with Gasteiger partial charge < -0.3 is 9.64 Å². The zero-order valence-corrected chi connectivity index (χ0v) is 12.0. The van der Waals surface area contributed by atoms with Crippen molar-refractivity contribution in [2.24, 2.45) is 11.8 Å². The summed E-state index contributed by atoms with van der Waals surface area (Å²) >= 11 is 0. The van der Waals surface area contributed by atoms with Gasteiger partial charge in [0.15, 0.2) is 0 Å². The molecule has 0 aromatic heterocycles. The molecule has 1 saturated heterocycles. The molecular formula is C16H20N2O2. The van der Waals surface area contributed by atoms with Crippen LogP contribution in [-0.2, 0) is 4.79 Å². The number of carbonyl (C=O) groups excluding carboxylic acids is 1. The van der Waals surface area contributed by atoms with Crippen LogP contribution in [0.1, 0.15) is 25.8 Å². The van der Waals surface area contributed by atoms with Gasteiger partial charge in [0.05, 0.1) is 18.2 Å². The van der Waals surface area contributed by atoms with E-state index < -0.39 is 0 Å². The van der Waals surface area contributed by atoms with E-state index in [1.165, 1.54) is 0 Å². The van der Waals surface area contributed by atoms with Gasteiger partial charge in [-0.2, -0.15) is 5.26 Å². The Morgan fingerprint density at radius 2 is 2.30 bits per heavy atom. The monoisotopic (exact) mass is 272 g/mol. The van der Waals surface area contributed by atoms with Crippen LogP contribution in [0.4, 0.5) is 0 Å². The van der Waals surface area contributed by atoms with Crippen molar-refractivity contribution < 1.29 is 9.53 Å². The largest absolute Gasteiger partial charge is 0.492 e. The van der Waals surface area contributed by atoms with Crippen molar-refractivity contribution in [2.75, 3.05) is 19.7 Å². The molecule has 0 spiro atoms. The van der Waals surface area contributed by atoms with Crippen molar-refractivity contribution in [1.82, 2.24) is 4.90 Å². The van der Waals surface area contributed by atoms with Gasteiger partial charge in [-0.3, -0.25) is 4.79 Å². The number of amides is 1. The SMILES string of the molecule is CC(C)C1CC(=O)N(CCOc2cccc(C#N)c2)C1. The van der Waals surface area contributed by atoms with Gasteiger partial charge >= 0.3 is 0 Å². The summed E-state index contributed by atoms with van der Waals surface area (Å²) in [5, 5.41) is 8.82. The van der Waals surface area contributed by atoms with Crippen LogP contribution in [-0.4, -0.2) is 30.5 Å². The Bertz CT molecular complexity index is 519. The predicted molar refractivity (Wildman–Crippen MR) is 76.2 cm³/mol. The lowest BCUT2D eigenvalue weighted by Gasteiger charge is -2.18. The average molecular weight is 272 g/mol. The number of benzene rings is 1. The van der Waals surface area contributed by atoms with Gasteiger partial charge in [-0.15, -0.1) is 0 Å². The van der Waals surface area contributed by atoms with Gasteiger partial charge in [-0.1, -0.05) is 19.9 Å². The molecule has 0 saturated carbocycles. The molecule has 1 aromatic carbocycles. The van der Waals surface area contributed by atoms with Crippen LogP contribution in [0.5, 0.6) is 5.75 Å². The maximum absolute atomic E-state index is 11.9. The highest BCUT2D eigenvalue weighted by Crippen LogP contribution is 2.24. The highest BCUT2D eigenvalue weighted by Gasteiger charge is 2.30. The molecule has 0 N–H and O–H groups in total. The molecule has 0 aliphatic carbocycles. The van der Waals surface area contributed by atoms with E-state index in [2.05, 4.69) is 19.9 Å².